The fourth-order valence-corrected chi connectivity index (χ4v) is 5.38. The van der Waals surface area contributed by atoms with Gasteiger partial charge in [-0.1, -0.05) is 43.3 Å². The van der Waals surface area contributed by atoms with Gasteiger partial charge in [-0.3, -0.25) is 0 Å². The normalized spacial score (nSPS) is 11.4. The maximum atomic E-state index is 12.3. The van der Waals surface area contributed by atoms with Crippen molar-refractivity contribution in [3.63, 3.8) is 0 Å². The van der Waals surface area contributed by atoms with Gasteiger partial charge in [0.05, 0.1) is 10.9 Å². The van der Waals surface area contributed by atoms with Crippen LogP contribution in [0.25, 0.3) is 0 Å². The van der Waals surface area contributed by atoms with E-state index in [-0.39, 0.29) is 10.9 Å². The third kappa shape index (κ3) is 5.25. The second-order valence-electron chi connectivity index (χ2n) is 7.89. The highest BCUT2D eigenvalue weighted by Gasteiger charge is 2.30. The molecule has 0 N–H and O–H groups in total. The van der Waals surface area contributed by atoms with E-state index in [9.17, 15) is 4.79 Å². The summed E-state index contributed by atoms with van der Waals surface area (Å²) in [5, 5.41) is 0. The fourth-order valence-electron chi connectivity index (χ4n) is 3.11. The monoisotopic (exact) mass is 421 g/mol. The molecule has 0 saturated heterocycles. The van der Waals surface area contributed by atoms with Gasteiger partial charge in [0.2, 0.25) is 0 Å². The van der Waals surface area contributed by atoms with Crippen molar-refractivity contribution < 1.29 is 14.3 Å². The zero-order valence-electron chi connectivity index (χ0n) is 18.3. The molecule has 0 atom stereocenters. The molecule has 3 rings (SSSR count). The summed E-state index contributed by atoms with van der Waals surface area (Å²) in [6.45, 7) is 9.68. The number of benzene rings is 3. The summed E-state index contributed by atoms with van der Waals surface area (Å²) in [6, 6.07) is 25.2. The lowest BCUT2D eigenvalue weighted by Gasteiger charge is -2.23. The Morgan fingerprint density at radius 2 is 1.30 bits per heavy atom. The van der Waals surface area contributed by atoms with Crippen LogP contribution in [-0.2, 0) is 15.6 Å². The number of rotatable bonds is 6. The van der Waals surface area contributed by atoms with Gasteiger partial charge in [0, 0.05) is 12.1 Å². The molecule has 0 saturated carbocycles. The predicted octanol–water partition coefficient (Wildman–Crippen LogP) is 7.10. The molecule has 3 nitrogen and oxygen atoms in total. The quantitative estimate of drug-likeness (QED) is 0.242. The summed E-state index contributed by atoms with van der Waals surface area (Å²) in [7, 11) is -0.245. The smallest absolute Gasteiger partial charge is 0.428 e. The van der Waals surface area contributed by atoms with Gasteiger partial charge in [0.15, 0.2) is 14.7 Å². The second kappa shape index (κ2) is 9.40. The third-order valence-corrected chi connectivity index (χ3v) is 7.22. The SMILES string of the molecule is CCC(C)(C)OC(=O)Oc1c(C)cc([S+](c2ccccc2)c2ccccc2)cc1C. The molecule has 4 heteroatoms. The molecular weight excluding hydrogens is 392 g/mol. The minimum atomic E-state index is -0.661. The van der Waals surface area contributed by atoms with Crippen molar-refractivity contribution in [3.8, 4) is 5.75 Å². The topological polar surface area (TPSA) is 35.5 Å². The first-order valence-corrected chi connectivity index (χ1v) is 11.4. The maximum Gasteiger partial charge on any atom is 0.514 e. The Balaban J connectivity index is 1.97. The van der Waals surface area contributed by atoms with E-state index in [0.29, 0.717) is 5.75 Å². The number of carbonyl (C=O) groups is 1. The minimum absolute atomic E-state index is 0.245. The van der Waals surface area contributed by atoms with Crippen molar-refractivity contribution in [3.05, 3.63) is 83.9 Å². The highest BCUT2D eigenvalue weighted by Crippen LogP contribution is 2.35. The van der Waals surface area contributed by atoms with E-state index in [1.165, 1.54) is 14.7 Å². The van der Waals surface area contributed by atoms with Crippen LogP contribution in [0.3, 0.4) is 0 Å². The fraction of sp³-hybridized carbons (Fsp3) is 0.269. The van der Waals surface area contributed by atoms with Crippen LogP contribution in [0.1, 0.15) is 38.3 Å². The molecule has 3 aromatic rings. The van der Waals surface area contributed by atoms with Crippen LogP contribution in [0.15, 0.2) is 87.5 Å². The summed E-state index contributed by atoms with van der Waals surface area (Å²) in [5.41, 5.74) is 1.28. The van der Waals surface area contributed by atoms with Crippen molar-refractivity contribution in [2.24, 2.45) is 0 Å². The third-order valence-electron chi connectivity index (χ3n) is 5.02. The molecule has 0 amide bonds. The lowest BCUT2D eigenvalue weighted by atomic mass is 10.1. The summed E-state index contributed by atoms with van der Waals surface area (Å²) in [6.07, 6.45) is 0.0570. The van der Waals surface area contributed by atoms with E-state index in [1.807, 2.05) is 46.8 Å². The molecule has 0 heterocycles. The van der Waals surface area contributed by atoms with E-state index in [2.05, 4.69) is 60.7 Å². The first kappa shape index (κ1) is 22.0. The Labute approximate surface area is 182 Å². The Morgan fingerprint density at radius 1 is 0.833 bits per heavy atom. The van der Waals surface area contributed by atoms with Crippen molar-refractivity contribution in [1.82, 2.24) is 0 Å². The average molecular weight is 422 g/mol. The molecular formula is C26H29O3S+. The molecule has 0 aliphatic heterocycles. The first-order chi connectivity index (χ1) is 14.3. The van der Waals surface area contributed by atoms with Gasteiger partial charge >= 0.3 is 6.16 Å². The molecule has 30 heavy (non-hydrogen) atoms. The zero-order chi connectivity index (χ0) is 21.7. The van der Waals surface area contributed by atoms with Crippen molar-refractivity contribution in [2.75, 3.05) is 0 Å². The summed E-state index contributed by atoms with van der Waals surface area (Å²) in [5.74, 6) is 0.570. The van der Waals surface area contributed by atoms with Crippen LogP contribution in [0, 0.1) is 13.8 Å². The van der Waals surface area contributed by atoms with Crippen LogP contribution >= 0.6 is 0 Å². The zero-order valence-corrected chi connectivity index (χ0v) is 19.1. The highest BCUT2D eigenvalue weighted by molar-refractivity contribution is 7.97. The molecule has 3 aromatic carbocycles. The van der Waals surface area contributed by atoms with E-state index in [4.69, 9.17) is 9.47 Å². The Kier molecular flexibility index (Phi) is 6.88. The number of ether oxygens (including phenoxy) is 2. The molecule has 0 unspecified atom stereocenters. The molecule has 0 radical (unpaired) electrons. The van der Waals surface area contributed by atoms with Crippen molar-refractivity contribution >= 4 is 17.1 Å². The Bertz CT molecular complexity index is 935. The van der Waals surface area contributed by atoms with Crippen molar-refractivity contribution in [1.29, 1.82) is 0 Å². The van der Waals surface area contributed by atoms with Crippen molar-refractivity contribution in [2.45, 2.75) is 61.3 Å². The van der Waals surface area contributed by atoms with Gasteiger partial charge in [0.1, 0.15) is 11.4 Å². The van der Waals surface area contributed by atoms with Gasteiger partial charge in [-0.15, -0.1) is 0 Å². The van der Waals surface area contributed by atoms with Crippen LogP contribution in [0.2, 0.25) is 0 Å². The molecule has 0 aliphatic rings. The van der Waals surface area contributed by atoms with E-state index < -0.39 is 11.8 Å². The van der Waals surface area contributed by atoms with Crippen LogP contribution in [0.4, 0.5) is 4.79 Å². The van der Waals surface area contributed by atoms with Crippen LogP contribution in [0.5, 0.6) is 5.75 Å². The van der Waals surface area contributed by atoms with Gasteiger partial charge in [-0.25, -0.2) is 4.79 Å². The molecule has 0 aliphatic carbocycles. The van der Waals surface area contributed by atoms with Gasteiger partial charge in [-0.05, 0) is 69.5 Å². The minimum Gasteiger partial charge on any atom is -0.428 e. The lowest BCUT2D eigenvalue weighted by Crippen LogP contribution is -2.29. The summed E-state index contributed by atoms with van der Waals surface area (Å²) in [4.78, 5) is 16.0. The molecule has 0 bridgehead atoms. The molecule has 156 valence electrons. The van der Waals surface area contributed by atoms with Gasteiger partial charge in [0.25, 0.3) is 0 Å². The Morgan fingerprint density at radius 3 is 1.73 bits per heavy atom. The average Bonchev–Trinajstić information content (AvgIpc) is 2.72. The largest absolute Gasteiger partial charge is 0.514 e. The van der Waals surface area contributed by atoms with E-state index >= 15 is 0 Å². The molecule has 0 aromatic heterocycles. The molecule has 0 spiro atoms. The first-order valence-electron chi connectivity index (χ1n) is 10.2. The van der Waals surface area contributed by atoms with Gasteiger partial charge < -0.3 is 9.47 Å². The summed E-state index contributed by atoms with van der Waals surface area (Å²) >= 11 is 0. The van der Waals surface area contributed by atoms with Crippen LogP contribution < -0.4 is 4.74 Å². The second-order valence-corrected chi connectivity index (χ2v) is 9.91. The van der Waals surface area contributed by atoms with Gasteiger partial charge in [-0.2, -0.15) is 0 Å². The van der Waals surface area contributed by atoms with E-state index in [0.717, 1.165) is 17.5 Å². The summed E-state index contributed by atoms with van der Waals surface area (Å²) < 4.78 is 11.1. The lowest BCUT2D eigenvalue weighted by molar-refractivity contribution is 0.00679. The number of carbonyl (C=O) groups excluding carboxylic acids is 1. The van der Waals surface area contributed by atoms with Crippen LogP contribution in [-0.4, -0.2) is 11.8 Å². The standard InChI is InChI=1S/C26H29O3S/c1-6-26(4,5)29-25(27)28-24-19(2)17-23(18-20(24)3)30(21-13-9-7-10-14-21)22-15-11-8-12-16-22/h7-18H,6H2,1-5H3/q+1. The van der Waals surface area contributed by atoms with E-state index in [1.54, 1.807) is 0 Å². The predicted molar refractivity (Wildman–Crippen MR) is 122 cm³/mol. The highest BCUT2D eigenvalue weighted by atomic mass is 32.2. The number of hydrogen-bond acceptors (Lipinski definition) is 3. The Hall–Kier alpha value is -2.72. The maximum absolute atomic E-state index is 12.3. The number of aryl methyl sites for hydroxylation is 2. The number of hydrogen-bond donors (Lipinski definition) is 0. The molecule has 0 fully saturated rings.